The number of aliphatic hydroxyl groups is 1. The van der Waals surface area contributed by atoms with E-state index >= 15 is 0 Å². The number of phenols is 1. The van der Waals surface area contributed by atoms with E-state index in [1.54, 1.807) is 29.3 Å². The van der Waals surface area contributed by atoms with E-state index in [2.05, 4.69) is 14.9 Å². The van der Waals surface area contributed by atoms with Crippen molar-refractivity contribution >= 4 is 22.6 Å². The van der Waals surface area contributed by atoms with Gasteiger partial charge in [0, 0.05) is 49.9 Å². The van der Waals surface area contributed by atoms with Crippen molar-refractivity contribution in [1.82, 2.24) is 24.8 Å². The molecule has 1 aliphatic heterocycles. The number of carbonyl (C=O) groups excluding carboxylic acids is 1. The molecule has 9 nitrogen and oxygen atoms in total. The number of H-pyrrole nitrogens is 1. The van der Waals surface area contributed by atoms with Crippen LogP contribution in [-0.2, 0) is 11.2 Å². The summed E-state index contributed by atoms with van der Waals surface area (Å²) in [7, 11) is 0. The quantitative estimate of drug-likeness (QED) is 0.420. The van der Waals surface area contributed by atoms with E-state index in [1.807, 2.05) is 31.2 Å². The van der Waals surface area contributed by atoms with Crippen LogP contribution in [0.3, 0.4) is 0 Å². The minimum atomic E-state index is -1.11. The van der Waals surface area contributed by atoms with Crippen molar-refractivity contribution < 1.29 is 15.0 Å². The van der Waals surface area contributed by atoms with Gasteiger partial charge in [0.25, 0.3) is 5.91 Å². The van der Waals surface area contributed by atoms with E-state index in [4.69, 9.17) is 9.97 Å². The number of carbonyl (C=O) groups is 1. The lowest BCUT2D eigenvalue weighted by molar-refractivity contribution is -0.140. The van der Waals surface area contributed by atoms with Crippen LogP contribution in [0.15, 0.2) is 55.0 Å². The SMILES string of the molecule is Cc1ccc2c(N3CCN(C(=O)[C@H](O)Cc4cnc[nH]4)CC3)nc(-c3ccccc3O)nc2c1. The summed E-state index contributed by atoms with van der Waals surface area (Å²) in [4.78, 5) is 33.0. The molecule has 0 unspecified atom stereocenters. The van der Waals surface area contributed by atoms with Crippen LogP contribution < -0.4 is 4.90 Å². The summed E-state index contributed by atoms with van der Waals surface area (Å²) < 4.78 is 0. The maximum absolute atomic E-state index is 12.8. The molecule has 1 amide bonds. The van der Waals surface area contributed by atoms with E-state index < -0.39 is 6.10 Å². The van der Waals surface area contributed by atoms with Gasteiger partial charge in [0.15, 0.2) is 5.82 Å². The third-order valence-electron chi connectivity index (χ3n) is 6.12. The highest BCUT2D eigenvalue weighted by Gasteiger charge is 2.28. The molecular weight excluding hydrogens is 432 g/mol. The molecule has 9 heteroatoms. The predicted molar refractivity (Wildman–Crippen MR) is 128 cm³/mol. The maximum atomic E-state index is 12.8. The molecule has 2 aromatic heterocycles. The molecular formula is C25H26N6O3. The summed E-state index contributed by atoms with van der Waals surface area (Å²) in [6, 6.07) is 13.1. The topological polar surface area (TPSA) is 118 Å². The first-order valence-corrected chi connectivity index (χ1v) is 11.3. The van der Waals surface area contributed by atoms with Gasteiger partial charge < -0.3 is 25.0 Å². The van der Waals surface area contributed by atoms with Crippen molar-refractivity contribution in [3.05, 3.63) is 66.2 Å². The van der Waals surface area contributed by atoms with Crippen LogP contribution in [0, 0.1) is 6.92 Å². The monoisotopic (exact) mass is 458 g/mol. The zero-order chi connectivity index (χ0) is 23.7. The Bertz CT molecular complexity index is 1320. The Labute approximate surface area is 196 Å². The van der Waals surface area contributed by atoms with E-state index in [0.717, 1.165) is 28.0 Å². The molecule has 2 aromatic carbocycles. The molecule has 1 saturated heterocycles. The number of nitrogens with one attached hydrogen (secondary N) is 1. The third-order valence-corrected chi connectivity index (χ3v) is 6.12. The summed E-state index contributed by atoms with van der Waals surface area (Å²) in [6.07, 6.45) is 2.24. The summed E-state index contributed by atoms with van der Waals surface area (Å²) in [5.74, 6) is 1.07. The number of aryl methyl sites for hydroxylation is 1. The van der Waals surface area contributed by atoms with Crippen LogP contribution in [0.25, 0.3) is 22.3 Å². The summed E-state index contributed by atoms with van der Waals surface area (Å²) >= 11 is 0. The number of rotatable bonds is 5. The smallest absolute Gasteiger partial charge is 0.251 e. The van der Waals surface area contributed by atoms with Crippen LogP contribution in [0.4, 0.5) is 5.82 Å². The highest BCUT2D eigenvalue weighted by atomic mass is 16.3. The molecule has 1 aliphatic rings. The molecule has 1 atom stereocenters. The lowest BCUT2D eigenvalue weighted by Gasteiger charge is -2.36. The van der Waals surface area contributed by atoms with Gasteiger partial charge in [-0.25, -0.2) is 15.0 Å². The number of hydrogen-bond donors (Lipinski definition) is 3. The molecule has 0 bridgehead atoms. The molecule has 34 heavy (non-hydrogen) atoms. The van der Waals surface area contributed by atoms with Gasteiger partial charge in [-0.2, -0.15) is 0 Å². The predicted octanol–water partition coefficient (Wildman–Crippen LogP) is 2.29. The number of aromatic hydroxyl groups is 1. The Morgan fingerprint density at radius 1 is 1.12 bits per heavy atom. The molecule has 3 N–H and O–H groups in total. The molecule has 4 aromatic rings. The number of anilines is 1. The Morgan fingerprint density at radius 3 is 2.65 bits per heavy atom. The fourth-order valence-corrected chi connectivity index (χ4v) is 4.29. The van der Waals surface area contributed by atoms with Crippen LogP contribution in [-0.4, -0.2) is 73.2 Å². The second-order valence-corrected chi connectivity index (χ2v) is 8.52. The van der Waals surface area contributed by atoms with Crippen LogP contribution in [0.2, 0.25) is 0 Å². The highest BCUT2D eigenvalue weighted by molar-refractivity contribution is 5.92. The molecule has 5 rings (SSSR count). The van der Waals surface area contributed by atoms with Crippen molar-refractivity contribution in [2.24, 2.45) is 0 Å². The first-order valence-electron chi connectivity index (χ1n) is 11.3. The lowest BCUT2D eigenvalue weighted by atomic mass is 10.1. The summed E-state index contributed by atoms with van der Waals surface area (Å²) in [6.45, 7) is 4.11. The number of hydrogen-bond acceptors (Lipinski definition) is 7. The number of benzene rings is 2. The van der Waals surface area contributed by atoms with E-state index in [1.165, 1.54) is 6.33 Å². The normalized spacial score (nSPS) is 15.0. The van der Waals surface area contributed by atoms with Gasteiger partial charge in [-0.3, -0.25) is 4.79 Å². The van der Waals surface area contributed by atoms with Crippen LogP contribution >= 0.6 is 0 Å². The second-order valence-electron chi connectivity index (χ2n) is 8.52. The Morgan fingerprint density at radius 2 is 1.91 bits per heavy atom. The van der Waals surface area contributed by atoms with Crippen molar-refractivity contribution in [1.29, 1.82) is 0 Å². The number of fused-ring (bicyclic) bond motifs is 1. The average Bonchev–Trinajstić information content (AvgIpc) is 3.36. The third kappa shape index (κ3) is 4.29. The zero-order valence-electron chi connectivity index (χ0n) is 18.8. The van der Waals surface area contributed by atoms with Crippen LogP contribution in [0.5, 0.6) is 5.75 Å². The number of aromatic nitrogens is 4. The van der Waals surface area contributed by atoms with Crippen molar-refractivity contribution in [2.45, 2.75) is 19.4 Å². The zero-order valence-corrected chi connectivity index (χ0v) is 18.8. The fourth-order valence-electron chi connectivity index (χ4n) is 4.29. The standard InChI is InChI=1S/C25H26N6O3/c1-16-6-7-18-20(12-16)28-23(19-4-2-3-5-21(19)32)29-24(18)30-8-10-31(11-9-30)25(34)22(33)13-17-14-26-15-27-17/h2-7,12,14-15,22,32-33H,8-11,13H2,1H3,(H,26,27)/t22-/m1/s1. The molecule has 0 saturated carbocycles. The van der Waals surface area contributed by atoms with E-state index in [0.29, 0.717) is 37.6 Å². The van der Waals surface area contributed by atoms with Crippen LogP contribution in [0.1, 0.15) is 11.3 Å². The van der Waals surface area contributed by atoms with Gasteiger partial charge in [0.05, 0.1) is 17.4 Å². The Kier molecular flexibility index (Phi) is 5.85. The molecule has 174 valence electrons. The highest BCUT2D eigenvalue weighted by Crippen LogP contribution is 2.32. The summed E-state index contributed by atoms with van der Waals surface area (Å²) in [5, 5.41) is 21.7. The molecule has 3 heterocycles. The number of imidazole rings is 1. The largest absolute Gasteiger partial charge is 0.507 e. The van der Waals surface area contributed by atoms with Gasteiger partial charge >= 0.3 is 0 Å². The van der Waals surface area contributed by atoms with E-state index in [-0.39, 0.29) is 18.1 Å². The van der Waals surface area contributed by atoms with Crippen molar-refractivity contribution in [3.8, 4) is 17.1 Å². The summed E-state index contributed by atoms with van der Waals surface area (Å²) in [5.41, 5.74) is 3.18. The minimum absolute atomic E-state index is 0.127. The van der Waals surface area contributed by atoms with Crippen molar-refractivity contribution in [2.75, 3.05) is 31.1 Å². The molecule has 0 radical (unpaired) electrons. The first kappa shape index (κ1) is 21.8. The lowest BCUT2D eigenvalue weighted by Crippen LogP contribution is -2.52. The number of para-hydroxylation sites is 1. The number of aliphatic hydroxyl groups excluding tert-OH is 1. The molecule has 0 spiro atoms. The number of phenolic OH excluding ortho intramolecular Hbond substituents is 1. The molecule has 1 fully saturated rings. The maximum Gasteiger partial charge on any atom is 0.251 e. The average molecular weight is 459 g/mol. The van der Waals surface area contributed by atoms with Gasteiger partial charge in [-0.05, 0) is 36.8 Å². The fraction of sp³-hybridized carbons (Fsp3) is 0.280. The second kappa shape index (κ2) is 9.11. The Balaban J connectivity index is 1.39. The number of nitrogens with zero attached hydrogens (tertiary/aromatic N) is 5. The van der Waals surface area contributed by atoms with Gasteiger partial charge in [0.2, 0.25) is 0 Å². The van der Waals surface area contributed by atoms with Gasteiger partial charge in [0.1, 0.15) is 17.7 Å². The van der Waals surface area contributed by atoms with E-state index in [9.17, 15) is 15.0 Å². The number of aromatic amines is 1. The molecule has 0 aliphatic carbocycles. The first-order chi connectivity index (χ1) is 16.5. The minimum Gasteiger partial charge on any atom is -0.507 e. The van der Waals surface area contributed by atoms with Gasteiger partial charge in [-0.1, -0.05) is 18.2 Å². The Hall–Kier alpha value is -3.98. The van der Waals surface area contributed by atoms with Crippen molar-refractivity contribution in [3.63, 3.8) is 0 Å². The number of piperazine rings is 1. The number of amides is 1. The van der Waals surface area contributed by atoms with Gasteiger partial charge in [-0.15, -0.1) is 0 Å².